The molecule has 2 rings (SSSR count). The van der Waals surface area contributed by atoms with Gasteiger partial charge >= 0.3 is 5.82 Å². The molecule has 1 amide bonds. The fraction of sp³-hybridized carbons (Fsp3) is 0.167. The van der Waals surface area contributed by atoms with E-state index >= 15 is 0 Å². The second-order valence-corrected chi connectivity index (χ2v) is 4.89. The Bertz CT molecular complexity index is 668. The summed E-state index contributed by atoms with van der Waals surface area (Å²) in [7, 11) is 0. The maximum absolute atomic E-state index is 12.0. The average Bonchev–Trinajstić information content (AvgIpc) is 2.74. The van der Waals surface area contributed by atoms with Gasteiger partial charge in [0.05, 0.1) is 5.69 Å². The number of nitrogens with one attached hydrogen (secondary N) is 1. The maximum Gasteiger partial charge on any atom is 0.343 e. The number of nitrogens with zero attached hydrogens (tertiary/aromatic N) is 3. The first-order chi connectivity index (χ1) is 9.49. The number of halogens is 1. The van der Waals surface area contributed by atoms with Crippen LogP contribution in [0.5, 0.6) is 0 Å². The van der Waals surface area contributed by atoms with Gasteiger partial charge in [-0.15, -0.1) is 0 Å². The van der Waals surface area contributed by atoms with Crippen molar-refractivity contribution in [2.24, 2.45) is 0 Å². The van der Waals surface area contributed by atoms with Gasteiger partial charge in [0.25, 0.3) is 5.91 Å². The molecule has 0 fully saturated rings. The van der Waals surface area contributed by atoms with Crippen LogP contribution in [0, 0.1) is 17.0 Å². The zero-order valence-corrected chi connectivity index (χ0v) is 12.1. The van der Waals surface area contributed by atoms with Gasteiger partial charge in [-0.3, -0.25) is 4.79 Å². The summed E-state index contributed by atoms with van der Waals surface area (Å²) in [5, 5.41) is 13.5. The molecule has 0 aliphatic carbocycles. The number of hydrogen-bond donors (Lipinski definition) is 1. The van der Waals surface area contributed by atoms with Gasteiger partial charge in [-0.1, -0.05) is 12.1 Å². The molecule has 8 heteroatoms. The highest BCUT2D eigenvalue weighted by Gasteiger charge is 2.20. The number of amides is 1. The van der Waals surface area contributed by atoms with Gasteiger partial charge in [0.2, 0.25) is 0 Å². The van der Waals surface area contributed by atoms with Gasteiger partial charge in [-0.25, -0.2) is 9.55 Å². The molecule has 2 aromatic rings. The van der Waals surface area contributed by atoms with Crippen molar-refractivity contribution < 1.29 is 9.72 Å². The van der Waals surface area contributed by atoms with Crippen molar-refractivity contribution in [3.8, 4) is 0 Å². The minimum Gasteiger partial charge on any atom is -0.358 e. The average molecular weight is 339 g/mol. The number of para-hydroxylation sites is 1. The van der Waals surface area contributed by atoms with E-state index in [2.05, 4.69) is 26.2 Å². The molecule has 1 heterocycles. The predicted octanol–water partition coefficient (Wildman–Crippen LogP) is 2.50. The molecule has 1 aromatic heterocycles. The van der Waals surface area contributed by atoms with E-state index in [1.165, 1.54) is 4.57 Å². The van der Waals surface area contributed by atoms with Gasteiger partial charge in [0.15, 0.2) is 12.4 Å². The summed E-state index contributed by atoms with van der Waals surface area (Å²) in [4.78, 5) is 26.1. The molecule has 7 nitrogen and oxygen atoms in total. The van der Waals surface area contributed by atoms with E-state index in [1.54, 1.807) is 25.1 Å². The Balaban J connectivity index is 2.15. The van der Waals surface area contributed by atoms with Gasteiger partial charge in [-0.2, -0.15) is 0 Å². The second-order valence-electron chi connectivity index (χ2n) is 4.03. The lowest BCUT2D eigenvalue weighted by atomic mass is 10.3. The van der Waals surface area contributed by atoms with Crippen LogP contribution in [0.15, 0.2) is 34.9 Å². The fourth-order valence-corrected chi connectivity index (χ4v) is 2.08. The van der Waals surface area contributed by atoms with Crippen LogP contribution in [0.1, 0.15) is 5.82 Å². The van der Waals surface area contributed by atoms with Crippen LogP contribution < -0.4 is 5.32 Å². The third-order valence-corrected chi connectivity index (χ3v) is 3.36. The summed E-state index contributed by atoms with van der Waals surface area (Å²) in [6.45, 7) is 1.45. The number of anilines is 1. The summed E-state index contributed by atoms with van der Waals surface area (Å²) in [6, 6.07) is 7.13. The Morgan fingerprint density at radius 1 is 1.50 bits per heavy atom. The smallest absolute Gasteiger partial charge is 0.343 e. The van der Waals surface area contributed by atoms with Crippen LogP contribution >= 0.6 is 15.9 Å². The molecule has 0 bridgehead atoms. The minimum atomic E-state index is -0.564. The van der Waals surface area contributed by atoms with Crippen molar-refractivity contribution in [3.63, 3.8) is 0 Å². The zero-order chi connectivity index (χ0) is 14.7. The molecule has 0 atom stereocenters. The summed E-state index contributed by atoms with van der Waals surface area (Å²) >= 11 is 3.31. The first-order valence-electron chi connectivity index (χ1n) is 5.70. The van der Waals surface area contributed by atoms with Crippen molar-refractivity contribution in [2.75, 3.05) is 5.32 Å². The number of carbonyl (C=O) groups excluding carboxylic acids is 1. The lowest BCUT2D eigenvalue weighted by Gasteiger charge is -2.07. The van der Waals surface area contributed by atoms with Crippen LogP contribution in [0.4, 0.5) is 11.5 Å². The number of imidazole rings is 1. The van der Waals surface area contributed by atoms with Crippen molar-refractivity contribution in [1.82, 2.24) is 9.55 Å². The molecular weight excluding hydrogens is 328 g/mol. The first-order valence-corrected chi connectivity index (χ1v) is 6.49. The van der Waals surface area contributed by atoms with Gasteiger partial charge in [0.1, 0.15) is 6.20 Å². The van der Waals surface area contributed by atoms with E-state index in [-0.39, 0.29) is 18.3 Å². The van der Waals surface area contributed by atoms with Gasteiger partial charge in [0, 0.05) is 11.4 Å². The standard InChI is InChI=1S/C12H11BrN4O3/c1-8-14-6-12(17(19)20)16(8)7-11(18)15-10-5-3-2-4-9(10)13/h2-6H,7H2,1H3,(H,15,18). The molecule has 0 saturated carbocycles. The lowest BCUT2D eigenvalue weighted by molar-refractivity contribution is -0.392. The van der Waals surface area contributed by atoms with Crippen LogP contribution in [0.25, 0.3) is 0 Å². The minimum absolute atomic E-state index is 0.163. The number of nitro groups is 1. The highest BCUT2D eigenvalue weighted by atomic mass is 79.9. The van der Waals surface area contributed by atoms with Crippen molar-refractivity contribution in [1.29, 1.82) is 0 Å². The normalized spacial score (nSPS) is 10.3. The Labute approximate surface area is 122 Å². The topological polar surface area (TPSA) is 90.1 Å². The van der Waals surface area contributed by atoms with Crippen LogP contribution in [-0.2, 0) is 11.3 Å². The molecule has 1 N–H and O–H groups in total. The molecule has 104 valence electrons. The first kappa shape index (κ1) is 14.2. The Kier molecular flexibility index (Phi) is 4.14. The lowest BCUT2D eigenvalue weighted by Crippen LogP contribution is -2.20. The number of benzene rings is 1. The SMILES string of the molecule is Cc1ncc([N+](=O)[O-])n1CC(=O)Nc1ccccc1Br. The van der Waals surface area contributed by atoms with Crippen molar-refractivity contribution >= 4 is 33.3 Å². The molecule has 0 aliphatic rings. The van der Waals surface area contributed by atoms with Gasteiger partial charge in [-0.05, 0) is 33.0 Å². The van der Waals surface area contributed by atoms with Crippen molar-refractivity contribution in [2.45, 2.75) is 13.5 Å². The van der Waals surface area contributed by atoms with E-state index in [0.29, 0.717) is 11.5 Å². The number of rotatable bonds is 4. The van der Waals surface area contributed by atoms with Crippen LogP contribution in [0.2, 0.25) is 0 Å². The molecule has 0 radical (unpaired) electrons. The number of aryl methyl sites for hydroxylation is 1. The van der Waals surface area contributed by atoms with Crippen molar-refractivity contribution in [3.05, 3.63) is 50.9 Å². The Hall–Kier alpha value is -2.22. The zero-order valence-electron chi connectivity index (χ0n) is 10.5. The van der Waals surface area contributed by atoms with E-state index in [9.17, 15) is 14.9 Å². The summed E-state index contributed by atoms with van der Waals surface area (Å²) < 4.78 is 2.00. The third kappa shape index (κ3) is 3.02. The monoisotopic (exact) mass is 338 g/mol. The van der Waals surface area contributed by atoms with Crippen LogP contribution in [-0.4, -0.2) is 20.4 Å². The number of hydrogen-bond acceptors (Lipinski definition) is 4. The van der Waals surface area contributed by atoms with Crippen LogP contribution in [0.3, 0.4) is 0 Å². The van der Waals surface area contributed by atoms with Gasteiger partial charge < -0.3 is 15.4 Å². The van der Waals surface area contributed by atoms with E-state index in [1.807, 2.05) is 6.07 Å². The summed E-state index contributed by atoms with van der Waals surface area (Å²) in [6.07, 6.45) is 1.14. The molecule has 0 saturated heterocycles. The quantitative estimate of drug-likeness (QED) is 0.684. The third-order valence-electron chi connectivity index (χ3n) is 2.67. The largest absolute Gasteiger partial charge is 0.358 e. The maximum atomic E-state index is 12.0. The molecule has 0 aliphatic heterocycles. The summed E-state index contributed by atoms with van der Waals surface area (Å²) in [5.74, 6) is -0.148. The molecule has 0 spiro atoms. The molecule has 1 aromatic carbocycles. The molecular formula is C12H11BrN4O3. The second kappa shape index (κ2) is 5.83. The number of carbonyl (C=O) groups is 1. The Morgan fingerprint density at radius 2 is 2.20 bits per heavy atom. The Morgan fingerprint density at radius 3 is 2.85 bits per heavy atom. The number of aromatic nitrogens is 2. The highest BCUT2D eigenvalue weighted by molar-refractivity contribution is 9.10. The molecule has 0 unspecified atom stereocenters. The van der Waals surface area contributed by atoms with E-state index in [0.717, 1.165) is 10.7 Å². The summed E-state index contributed by atoms with van der Waals surface area (Å²) in [5.41, 5.74) is 0.609. The predicted molar refractivity (Wildman–Crippen MR) is 76.4 cm³/mol. The fourth-order valence-electron chi connectivity index (χ4n) is 1.69. The molecule has 20 heavy (non-hydrogen) atoms. The van der Waals surface area contributed by atoms with E-state index in [4.69, 9.17) is 0 Å². The van der Waals surface area contributed by atoms with E-state index < -0.39 is 4.92 Å². The highest BCUT2D eigenvalue weighted by Crippen LogP contribution is 2.21.